The molecule has 1 aliphatic rings. The summed E-state index contributed by atoms with van der Waals surface area (Å²) in [7, 11) is 3.24. The van der Waals surface area contributed by atoms with Gasteiger partial charge in [0.05, 0.1) is 33.2 Å². The summed E-state index contributed by atoms with van der Waals surface area (Å²) in [5, 5.41) is 9.77. The number of azo groups is 1. The number of aromatic nitrogens is 4. The van der Waals surface area contributed by atoms with Gasteiger partial charge in [-0.15, -0.1) is 16.9 Å². The maximum Gasteiger partial charge on any atom is 0.323 e. The topological polar surface area (TPSA) is 110 Å². The predicted octanol–water partition coefficient (Wildman–Crippen LogP) is 4.79. The lowest BCUT2D eigenvalue weighted by atomic mass is 10.1. The van der Waals surface area contributed by atoms with E-state index in [1.54, 1.807) is 14.2 Å². The number of anilines is 1. The Bertz CT molecular complexity index is 1350. The molecule has 186 valence electrons. The van der Waals surface area contributed by atoms with Gasteiger partial charge in [-0.05, 0) is 23.8 Å². The van der Waals surface area contributed by atoms with Gasteiger partial charge in [0.1, 0.15) is 0 Å². The number of nitrogens with zero attached hydrogens (tertiary/aromatic N) is 6. The Morgan fingerprint density at radius 1 is 1.06 bits per heavy atom. The molecule has 3 heterocycles. The molecule has 0 atom stereocenters. The molecule has 0 bridgehead atoms. The van der Waals surface area contributed by atoms with Gasteiger partial charge in [-0.1, -0.05) is 24.3 Å². The third kappa shape index (κ3) is 5.51. The number of nitrogens with one attached hydrogen (secondary N) is 1. The number of para-hydroxylation sites is 1. The van der Waals surface area contributed by atoms with Crippen molar-refractivity contribution in [3.05, 3.63) is 59.8 Å². The lowest BCUT2D eigenvalue weighted by Crippen LogP contribution is -2.21. The largest absolute Gasteiger partial charge is 0.493 e. The Hall–Kier alpha value is -3.86. The molecule has 1 N–H and O–H groups in total. The number of hydrogen-bond donors (Lipinski definition) is 1. The molecule has 0 radical (unpaired) electrons. The van der Waals surface area contributed by atoms with Gasteiger partial charge in [-0.25, -0.2) is 0 Å². The average Bonchev–Trinajstić information content (AvgIpc) is 3.59. The number of hydrogen-bond acceptors (Lipinski definition) is 10. The van der Waals surface area contributed by atoms with Crippen molar-refractivity contribution >= 4 is 34.6 Å². The van der Waals surface area contributed by atoms with Crippen LogP contribution in [0.1, 0.15) is 11.1 Å². The van der Waals surface area contributed by atoms with E-state index in [4.69, 9.17) is 14.2 Å². The molecular formula is C25H27N7O3S. The molecule has 1 aliphatic heterocycles. The monoisotopic (exact) mass is 505 g/mol. The van der Waals surface area contributed by atoms with Crippen molar-refractivity contribution in [2.45, 2.75) is 13.0 Å². The molecule has 2 aromatic heterocycles. The first-order valence-corrected chi connectivity index (χ1v) is 12.7. The fourth-order valence-corrected chi connectivity index (χ4v) is 4.84. The SMILES string of the molecule is COc1ccc(CCOc2nc(N=NCc3c[nH]c4ccccc34)nc(N3CCSC3)n2)cc1OC. The summed E-state index contributed by atoms with van der Waals surface area (Å²) in [5.74, 6) is 4.01. The Morgan fingerprint density at radius 3 is 2.78 bits per heavy atom. The molecule has 4 aromatic rings. The summed E-state index contributed by atoms with van der Waals surface area (Å²) < 4.78 is 16.6. The molecule has 0 saturated carbocycles. The zero-order chi connectivity index (χ0) is 24.7. The van der Waals surface area contributed by atoms with Crippen LogP contribution in [0.3, 0.4) is 0 Å². The number of aromatic amines is 1. The molecule has 1 saturated heterocycles. The van der Waals surface area contributed by atoms with Gasteiger partial charge in [-0.2, -0.15) is 20.1 Å². The van der Waals surface area contributed by atoms with Crippen LogP contribution in [0, 0.1) is 0 Å². The molecular weight excluding hydrogens is 478 g/mol. The molecule has 5 rings (SSSR count). The average molecular weight is 506 g/mol. The highest BCUT2D eigenvalue weighted by atomic mass is 32.2. The second-order valence-corrected chi connectivity index (χ2v) is 9.14. The normalized spacial score (nSPS) is 13.6. The van der Waals surface area contributed by atoms with Crippen LogP contribution in [0.5, 0.6) is 17.5 Å². The third-order valence-corrected chi connectivity index (χ3v) is 6.74. The van der Waals surface area contributed by atoms with Gasteiger partial charge in [-0.3, -0.25) is 0 Å². The van der Waals surface area contributed by atoms with Gasteiger partial charge >= 0.3 is 6.01 Å². The summed E-state index contributed by atoms with van der Waals surface area (Å²) in [6, 6.07) is 14.1. The lowest BCUT2D eigenvalue weighted by molar-refractivity contribution is 0.295. The van der Waals surface area contributed by atoms with E-state index in [1.165, 1.54) is 0 Å². The van der Waals surface area contributed by atoms with Crippen LogP contribution >= 0.6 is 11.8 Å². The van der Waals surface area contributed by atoms with E-state index in [2.05, 4.69) is 41.1 Å². The number of methoxy groups -OCH3 is 2. The minimum atomic E-state index is 0.234. The first-order valence-electron chi connectivity index (χ1n) is 11.6. The van der Waals surface area contributed by atoms with E-state index in [1.807, 2.05) is 54.4 Å². The molecule has 0 spiro atoms. The minimum absolute atomic E-state index is 0.234. The van der Waals surface area contributed by atoms with Crippen LogP contribution in [-0.4, -0.2) is 58.9 Å². The molecule has 2 aromatic carbocycles. The molecule has 10 nitrogen and oxygen atoms in total. The van der Waals surface area contributed by atoms with Gasteiger partial charge < -0.3 is 24.1 Å². The van der Waals surface area contributed by atoms with E-state index < -0.39 is 0 Å². The first kappa shape index (κ1) is 23.9. The fraction of sp³-hybridized carbons (Fsp3) is 0.320. The van der Waals surface area contributed by atoms with Crippen molar-refractivity contribution in [3.8, 4) is 17.5 Å². The molecule has 0 amide bonds. The minimum Gasteiger partial charge on any atom is -0.493 e. The van der Waals surface area contributed by atoms with Crippen LogP contribution < -0.4 is 19.1 Å². The number of rotatable bonds is 10. The van der Waals surface area contributed by atoms with Crippen molar-refractivity contribution in [1.29, 1.82) is 0 Å². The maximum absolute atomic E-state index is 5.92. The summed E-state index contributed by atoms with van der Waals surface area (Å²) in [5.41, 5.74) is 3.18. The van der Waals surface area contributed by atoms with Gasteiger partial charge in [0.15, 0.2) is 11.5 Å². The second kappa shape index (κ2) is 11.3. The highest BCUT2D eigenvalue weighted by molar-refractivity contribution is 7.99. The van der Waals surface area contributed by atoms with Crippen molar-refractivity contribution < 1.29 is 14.2 Å². The number of benzene rings is 2. The standard InChI is InChI=1S/C25H27N7O3S/c1-33-21-8-7-17(13-22(21)34-2)9-11-35-25-29-23(28-24(30-25)32-10-12-36-16-32)31-27-15-18-14-26-20-6-4-3-5-19(18)20/h3-8,13-14,26H,9-12,15-16H2,1-2H3. The van der Waals surface area contributed by atoms with Crippen LogP contribution in [0.2, 0.25) is 0 Å². The number of fused-ring (bicyclic) bond motifs is 1. The highest BCUT2D eigenvalue weighted by Gasteiger charge is 2.18. The Morgan fingerprint density at radius 2 is 1.94 bits per heavy atom. The summed E-state index contributed by atoms with van der Waals surface area (Å²) in [4.78, 5) is 18.8. The smallest absolute Gasteiger partial charge is 0.323 e. The van der Waals surface area contributed by atoms with Crippen molar-refractivity contribution in [2.75, 3.05) is 43.9 Å². The fourth-order valence-electron chi connectivity index (χ4n) is 3.89. The maximum atomic E-state index is 5.92. The first-order chi connectivity index (χ1) is 17.7. The Kier molecular flexibility index (Phi) is 7.46. The summed E-state index contributed by atoms with van der Waals surface area (Å²) in [6.45, 7) is 1.67. The number of ether oxygens (including phenoxy) is 3. The van der Waals surface area contributed by atoms with E-state index in [0.717, 1.165) is 40.2 Å². The zero-order valence-corrected chi connectivity index (χ0v) is 21.0. The van der Waals surface area contributed by atoms with Crippen molar-refractivity contribution in [1.82, 2.24) is 19.9 Å². The summed E-state index contributed by atoms with van der Waals surface area (Å²) >= 11 is 1.83. The van der Waals surface area contributed by atoms with Crippen LogP contribution in [0.25, 0.3) is 10.9 Å². The van der Waals surface area contributed by atoms with E-state index >= 15 is 0 Å². The Labute approximate surface area is 213 Å². The molecule has 0 unspecified atom stereocenters. The van der Waals surface area contributed by atoms with Gasteiger partial charge in [0.2, 0.25) is 5.95 Å². The molecule has 36 heavy (non-hydrogen) atoms. The van der Waals surface area contributed by atoms with Crippen molar-refractivity contribution in [2.24, 2.45) is 10.2 Å². The van der Waals surface area contributed by atoms with Crippen LogP contribution in [-0.2, 0) is 13.0 Å². The molecule has 0 aliphatic carbocycles. The van der Waals surface area contributed by atoms with E-state index in [9.17, 15) is 0 Å². The second-order valence-electron chi connectivity index (χ2n) is 8.07. The zero-order valence-electron chi connectivity index (χ0n) is 20.2. The lowest BCUT2D eigenvalue weighted by Gasteiger charge is -2.15. The predicted molar refractivity (Wildman–Crippen MR) is 140 cm³/mol. The van der Waals surface area contributed by atoms with E-state index in [0.29, 0.717) is 37.0 Å². The van der Waals surface area contributed by atoms with Crippen molar-refractivity contribution in [3.63, 3.8) is 0 Å². The van der Waals surface area contributed by atoms with Gasteiger partial charge in [0, 0.05) is 41.4 Å². The van der Waals surface area contributed by atoms with Crippen LogP contribution in [0.4, 0.5) is 11.9 Å². The molecule has 11 heteroatoms. The summed E-state index contributed by atoms with van der Waals surface area (Å²) in [6.07, 6.45) is 2.60. The third-order valence-electron chi connectivity index (χ3n) is 5.77. The molecule has 1 fully saturated rings. The Balaban J connectivity index is 1.29. The quantitative estimate of drug-likeness (QED) is 0.307. The van der Waals surface area contributed by atoms with Gasteiger partial charge in [0.25, 0.3) is 5.95 Å². The van der Waals surface area contributed by atoms with E-state index in [-0.39, 0.29) is 12.0 Å². The highest BCUT2D eigenvalue weighted by Crippen LogP contribution is 2.28. The number of H-pyrrole nitrogens is 1. The number of thioether (sulfide) groups is 1. The van der Waals surface area contributed by atoms with Crippen LogP contribution in [0.15, 0.2) is 58.9 Å².